The Hall–Kier alpha value is -1.05. The maximum atomic E-state index is 10.6. The summed E-state index contributed by atoms with van der Waals surface area (Å²) >= 11 is 0. The van der Waals surface area contributed by atoms with Gasteiger partial charge >= 0.3 is 5.97 Å². The van der Waals surface area contributed by atoms with Gasteiger partial charge in [-0.3, -0.25) is 4.79 Å². The topological polar surface area (TPSA) is 37.3 Å². The molecule has 72 valence electrons. The molecule has 0 saturated heterocycles. The highest BCUT2D eigenvalue weighted by atomic mass is 16.4. The summed E-state index contributed by atoms with van der Waals surface area (Å²) in [4.78, 5) is 10.6. The summed E-state index contributed by atoms with van der Waals surface area (Å²) in [5, 5.41) is 8.72. The highest BCUT2D eigenvalue weighted by Gasteiger charge is 2.23. The highest BCUT2D eigenvalue weighted by Crippen LogP contribution is 2.31. The monoisotopic (exact) mass is 180 g/mol. The number of carbonyl (C=O) groups is 1. The highest BCUT2D eigenvalue weighted by molar-refractivity contribution is 5.74. The van der Waals surface area contributed by atoms with Crippen molar-refractivity contribution in [2.45, 2.75) is 20.8 Å². The van der Waals surface area contributed by atoms with Gasteiger partial charge in [0.1, 0.15) is 0 Å². The molecule has 1 N–H and O–H groups in total. The van der Waals surface area contributed by atoms with E-state index in [1.54, 1.807) is 12.2 Å². The minimum atomic E-state index is -0.778. The van der Waals surface area contributed by atoms with E-state index in [2.05, 4.69) is 20.8 Å². The van der Waals surface area contributed by atoms with Crippen molar-refractivity contribution in [1.82, 2.24) is 0 Å². The minimum absolute atomic E-state index is 0.177. The average Bonchev–Trinajstić information content (AvgIpc) is 2.03. The molecule has 2 nitrogen and oxygen atoms in total. The summed E-state index contributed by atoms with van der Waals surface area (Å²) in [6.45, 7) is 6.44. The maximum absolute atomic E-state index is 10.6. The zero-order valence-electron chi connectivity index (χ0n) is 8.32. The smallest absolute Gasteiger partial charge is 0.314 e. The fraction of sp³-hybridized carbons (Fsp3) is 0.545. The van der Waals surface area contributed by atoms with Gasteiger partial charge in [-0.2, -0.15) is 0 Å². The van der Waals surface area contributed by atoms with Gasteiger partial charge < -0.3 is 5.11 Å². The van der Waals surface area contributed by atoms with Crippen LogP contribution < -0.4 is 0 Å². The van der Waals surface area contributed by atoms with E-state index in [9.17, 15) is 4.79 Å². The van der Waals surface area contributed by atoms with Crippen LogP contribution in [0.5, 0.6) is 0 Å². The van der Waals surface area contributed by atoms with Crippen LogP contribution in [-0.2, 0) is 4.79 Å². The van der Waals surface area contributed by atoms with Gasteiger partial charge in [0.15, 0.2) is 0 Å². The van der Waals surface area contributed by atoms with Crippen molar-refractivity contribution in [2.75, 3.05) is 0 Å². The molecular weight excluding hydrogens is 164 g/mol. The van der Waals surface area contributed by atoms with Crippen LogP contribution in [0.2, 0.25) is 0 Å². The molecular formula is C11H16O2. The van der Waals surface area contributed by atoms with E-state index in [0.717, 1.165) is 0 Å². The van der Waals surface area contributed by atoms with E-state index >= 15 is 0 Å². The molecule has 13 heavy (non-hydrogen) atoms. The number of hydrogen-bond acceptors (Lipinski definition) is 1. The van der Waals surface area contributed by atoms with Crippen LogP contribution in [0.25, 0.3) is 0 Å². The van der Waals surface area contributed by atoms with Gasteiger partial charge in [0, 0.05) is 0 Å². The number of carboxylic acid groups (broad SMARTS) is 1. The van der Waals surface area contributed by atoms with Crippen LogP contribution in [0.3, 0.4) is 0 Å². The summed E-state index contributed by atoms with van der Waals surface area (Å²) < 4.78 is 0. The molecule has 0 heterocycles. The van der Waals surface area contributed by atoms with E-state index in [1.165, 1.54) is 0 Å². The standard InChI is InChI=1S/C11H16O2/c1-11(2,3)9-6-4-8(5-7-9)10(12)13/h4-9H,1-3H3,(H,12,13). The van der Waals surface area contributed by atoms with E-state index in [1.807, 2.05) is 12.2 Å². The molecule has 0 radical (unpaired) electrons. The lowest BCUT2D eigenvalue weighted by Crippen LogP contribution is -2.20. The lowest BCUT2D eigenvalue weighted by atomic mass is 9.77. The van der Waals surface area contributed by atoms with Crippen molar-refractivity contribution in [3.05, 3.63) is 24.3 Å². The molecule has 0 aliphatic heterocycles. The largest absolute Gasteiger partial charge is 0.481 e. The molecule has 0 aromatic rings. The summed E-state index contributed by atoms with van der Waals surface area (Å²) in [6, 6.07) is 0. The summed E-state index contributed by atoms with van der Waals surface area (Å²) in [7, 11) is 0. The predicted molar refractivity (Wildman–Crippen MR) is 52.4 cm³/mol. The van der Waals surface area contributed by atoms with Crippen LogP contribution in [0, 0.1) is 17.3 Å². The Kier molecular flexibility index (Phi) is 2.60. The Morgan fingerprint density at radius 3 is 1.92 bits per heavy atom. The number of rotatable bonds is 1. The summed E-state index contributed by atoms with van der Waals surface area (Å²) in [5.41, 5.74) is 0.177. The van der Waals surface area contributed by atoms with E-state index in [-0.39, 0.29) is 5.41 Å². The third-order valence-electron chi connectivity index (χ3n) is 2.34. The van der Waals surface area contributed by atoms with Gasteiger partial charge in [-0.15, -0.1) is 0 Å². The Morgan fingerprint density at radius 1 is 1.15 bits per heavy atom. The van der Waals surface area contributed by atoms with Crippen LogP contribution in [0.4, 0.5) is 0 Å². The minimum Gasteiger partial charge on any atom is -0.481 e. The number of aliphatic carboxylic acids is 1. The normalized spacial score (nSPS) is 27.6. The lowest BCUT2D eigenvalue weighted by Gasteiger charge is -2.27. The first-order valence-corrected chi connectivity index (χ1v) is 4.51. The second-order valence-electron chi connectivity index (χ2n) is 4.53. The van der Waals surface area contributed by atoms with Gasteiger partial charge in [0.05, 0.1) is 5.92 Å². The van der Waals surface area contributed by atoms with Crippen LogP contribution >= 0.6 is 0 Å². The van der Waals surface area contributed by atoms with Crippen LogP contribution in [-0.4, -0.2) is 11.1 Å². The maximum Gasteiger partial charge on any atom is 0.314 e. The Balaban J connectivity index is 2.69. The fourth-order valence-corrected chi connectivity index (χ4v) is 1.35. The SMILES string of the molecule is CC(C)(C)C1C=CC(C(=O)O)C=C1. The molecule has 0 bridgehead atoms. The van der Waals surface area contributed by atoms with Crippen molar-refractivity contribution >= 4 is 5.97 Å². The summed E-state index contributed by atoms with van der Waals surface area (Å²) in [6.07, 6.45) is 7.49. The molecule has 1 rings (SSSR count). The molecule has 0 amide bonds. The van der Waals surface area contributed by atoms with Gasteiger partial charge in [-0.05, 0) is 11.3 Å². The first kappa shape index (κ1) is 10.0. The van der Waals surface area contributed by atoms with Crippen molar-refractivity contribution in [3.63, 3.8) is 0 Å². The molecule has 0 unspecified atom stereocenters. The lowest BCUT2D eigenvalue weighted by molar-refractivity contribution is -0.138. The zero-order valence-corrected chi connectivity index (χ0v) is 8.32. The predicted octanol–water partition coefficient (Wildman–Crippen LogP) is 2.48. The van der Waals surface area contributed by atoms with Crippen molar-refractivity contribution < 1.29 is 9.90 Å². The van der Waals surface area contributed by atoms with Gasteiger partial charge in [-0.25, -0.2) is 0 Å². The molecule has 0 fully saturated rings. The summed E-state index contributed by atoms with van der Waals surface area (Å²) in [5.74, 6) is -0.860. The fourth-order valence-electron chi connectivity index (χ4n) is 1.35. The molecule has 0 atom stereocenters. The molecule has 0 saturated carbocycles. The van der Waals surface area contributed by atoms with Crippen molar-refractivity contribution in [2.24, 2.45) is 17.3 Å². The number of hydrogen-bond donors (Lipinski definition) is 1. The van der Waals surface area contributed by atoms with Gasteiger partial charge in [-0.1, -0.05) is 45.1 Å². The van der Waals surface area contributed by atoms with Gasteiger partial charge in [0.25, 0.3) is 0 Å². The zero-order chi connectivity index (χ0) is 10.1. The molecule has 0 aromatic carbocycles. The van der Waals surface area contributed by atoms with E-state index in [4.69, 9.17) is 5.11 Å². The van der Waals surface area contributed by atoms with Crippen LogP contribution in [0.15, 0.2) is 24.3 Å². The Labute approximate surface area is 79.0 Å². The first-order valence-electron chi connectivity index (χ1n) is 4.51. The average molecular weight is 180 g/mol. The van der Waals surface area contributed by atoms with Crippen LogP contribution in [0.1, 0.15) is 20.8 Å². The third-order valence-corrected chi connectivity index (χ3v) is 2.34. The second-order valence-corrected chi connectivity index (χ2v) is 4.53. The molecule has 0 spiro atoms. The molecule has 1 aliphatic rings. The van der Waals surface area contributed by atoms with Crippen molar-refractivity contribution in [1.29, 1.82) is 0 Å². The Morgan fingerprint density at radius 2 is 1.62 bits per heavy atom. The van der Waals surface area contributed by atoms with E-state index in [0.29, 0.717) is 5.92 Å². The Bertz CT molecular complexity index is 242. The molecule has 0 aromatic heterocycles. The number of allylic oxidation sites excluding steroid dienone is 2. The molecule has 1 aliphatic carbocycles. The first-order chi connectivity index (χ1) is 5.91. The number of carboxylic acids is 1. The quantitative estimate of drug-likeness (QED) is 0.629. The van der Waals surface area contributed by atoms with Crippen molar-refractivity contribution in [3.8, 4) is 0 Å². The third kappa shape index (κ3) is 2.44. The molecule has 2 heteroatoms. The second kappa shape index (κ2) is 3.36. The van der Waals surface area contributed by atoms with E-state index < -0.39 is 11.9 Å². The van der Waals surface area contributed by atoms with Gasteiger partial charge in [0.2, 0.25) is 0 Å².